The molecule has 2 N–H and O–H groups in total. The molecule has 0 fully saturated rings. The Labute approximate surface area is 138 Å². The van der Waals surface area contributed by atoms with Crippen LogP contribution in [0.15, 0.2) is 18.2 Å². The molecule has 1 aromatic heterocycles. The number of benzene rings is 1. The Morgan fingerprint density at radius 3 is 2.86 bits per heavy atom. The average Bonchev–Trinajstić information content (AvgIpc) is 2.85. The van der Waals surface area contributed by atoms with Gasteiger partial charge in [0.05, 0.1) is 33.9 Å². The van der Waals surface area contributed by atoms with E-state index in [0.717, 1.165) is 10.6 Å². The molecular formula is C14H17ClN4O2S. The molecule has 2 amide bonds. The Balaban J connectivity index is 2.02. The summed E-state index contributed by atoms with van der Waals surface area (Å²) in [6.45, 7) is 6.01. The van der Waals surface area contributed by atoms with E-state index in [9.17, 15) is 4.79 Å². The van der Waals surface area contributed by atoms with E-state index in [2.05, 4.69) is 20.2 Å². The highest BCUT2D eigenvalue weighted by atomic mass is 35.5. The van der Waals surface area contributed by atoms with Gasteiger partial charge in [0.1, 0.15) is 0 Å². The number of anilines is 1. The van der Waals surface area contributed by atoms with Crippen molar-refractivity contribution in [3.63, 3.8) is 0 Å². The molecule has 0 unspecified atom stereocenters. The van der Waals surface area contributed by atoms with Gasteiger partial charge in [0.2, 0.25) is 0 Å². The third-order valence-electron chi connectivity index (χ3n) is 2.72. The molecule has 6 nitrogen and oxygen atoms in total. The van der Waals surface area contributed by atoms with Crippen molar-refractivity contribution in [3.05, 3.63) is 33.8 Å². The van der Waals surface area contributed by atoms with Gasteiger partial charge >= 0.3 is 6.03 Å². The highest BCUT2D eigenvalue weighted by molar-refractivity contribution is 7.05. The maximum Gasteiger partial charge on any atom is 0.319 e. The van der Waals surface area contributed by atoms with Crippen LogP contribution >= 0.6 is 23.1 Å². The SMILES string of the molecule is Cc1nnsc1CNC(=O)Nc1cccc(Cl)c1OC(C)C. The number of hydrogen-bond acceptors (Lipinski definition) is 5. The number of aryl methyl sites for hydroxylation is 1. The van der Waals surface area contributed by atoms with Gasteiger partial charge in [-0.2, -0.15) is 0 Å². The second-order valence-corrected chi connectivity index (χ2v) is 6.12. The molecule has 0 saturated carbocycles. The predicted molar refractivity (Wildman–Crippen MR) is 87.7 cm³/mol. The van der Waals surface area contributed by atoms with Gasteiger partial charge in [-0.25, -0.2) is 4.79 Å². The lowest BCUT2D eigenvalue weighted by atomic mass is 10.3. The van der Waals surface area contributed by atoms with Crippen molar-refractivity contribution >= 4 is 34.9 Å². The van der Waals surface area contributed by atoms with Crippen LogP contribution < -0.4 is 15.4 Å². The van der Waals surface area contributed by atoms with E-state index in [1.165, 1.54) is 11.5 Å². The Bertz CT molecular complexity index is 660. The van der Waals surface area contributed by atoms with Crippen molar-refractivity contribution in [2.45, 2.75) is 33.4 Å². The lowest BCUT2D eigenvalue weighted by Crippen LogP contribution is -2.28. The molecule has 8 heteroatoms. The summed E-state index contributed by atoms with van der Waals surface area (Å²) in [5.74, 6) is 0.463. The van der Waals surface area contributed by atoms with Crippen molar-refractivity contribution in [2.24, 2.45) is 0 Å². The van der Waals surface area contributed by atoms with E-state index in [0.29, 0.717) is 23.0 Å². The lowest BCUT2D eigenvalue weighted by molar-refractivity contribution is 0.242. The summed E-state index contributed by atoms with van der Waals surface area (Å²) < 4.78 is 9.48. The quantitative estimate of drug-likeness (QED) is 0.871. The van der Waals surface area contributed by atoms with Gasteiger partial charge in [0, 0.05) is 0 Å². The van der Waals surface area contributed by atoms with E-state index in [1.807, 2.05) is 20.8 Å². The van der Waals surface area contributed by atoms with Crippen LogP contribution in [-0.4, -0.2) is 21.7 Å². The third-order valence-corrected chi connectivity index (χ3v) is 3.84. The average molecular weight is 341 g/mol. The largest absolute Gasteiger partial charge is 0.487 e. The predicted octanol–water partition coefficient (Wildman–Crippen LogP) is 3.61. The Morgan fingerprint density at radius 1 is 1.45 bits per heavy atom. The maximum atomic E-state index is 12.0. The maximum absolute atomic E-state index is 12.0. The number of carbonyl (C=O) groups excluding carboxylic acids is 1. The zero-order valence-electron chi connectivity index (χ0n) is 12.5. The molecule has 1 heterocycles. The van der Waals surface area contributed by atoms with E-state index in [4.69, 9.17) is 16.3 Å². The number of amides is 2. The Morgan fingerprint density at radius 2 is 2.23 bits per heavy atom. The molecule has 0 spiro atoms. The molecule has 22 heavy (non-hydrogen) atoms. The number of nitrogens with one attached hydrogen (secondary N) is 2. The number of nitrogens with zero attached hydrogens (tertiary/aromatic N) is 2. The first-order valence-corrected chi connectivity index (χ1v) is 7.90. The van der Waals surface area contributed by atoms with Gasteiger partial charge in [-0.3, -0.25) is 0 Å². The minimum Gasteiger partial charge on any atom is -0.487 e. The number of aromatic nitrogens is 2. The fourth-order valence-corrected chi connectivity index (χ4v) is 2.49. The normalized spacial score (nSPS) is 10.6. The van der Waals surface area contributed by atoms with E-state index in [-0.39, 0.29) is 12.1 Å². The molecule has 0 saturated heterocycles. The number of halogens is 1. The van der Waals surface area contributed by atoms with Crippen molar-refractivity contribution in [2.75, 3.05) is 5.32 Å². The molecule has 0 aliphatic carbocycles. The second kappa shape index (κ2) is 7.42. The molecule has 2 aromatic rings. The number of para-hydroxylation sites is 1. The molecule has 118 valence electrons. The van der Waals surface area contributed by atoms with Crippen LogP contribution in [0, 0.1) is 6.92 Å². The smallest absolute Gasteiger partial charge is 0.319 e. The third kappa shape index (κ3) is 4.32. The fourth-order valence-electron chi connectivity index (χ4n) is 1.70. The van der Waals surface area contributed by atoms with Crippen LogP contribution in [0.4, 0.5) is 10.5 Å². The van der Waals surface area contributed by atoms with Gasteiger partial charge in [0.25, 0.3) is 0 Å². The van der Waals surface area contributed by atoms with Crippen molar-refractivity contribution < 1.29 is 9.53 Å². The Hall–Kier alpha value is -1.86. The highest BCUT2D eigenvalue weighted by Gasteiger charge is 2.13. The van der Waals surface area contributed by atoms with Crippen LogP contribution in [0.2, 0.25) is 5.02 Å². The molecule has 0 aliphatic heterocycles. The molecule has 2 rings (SSSR count). The van der Waals surface area contributed by atoms with Gasteiger partial charge in [-0.05, 0) is 44.4 Å². The molecule has 0 atom stereocenters. The van der Waals surface area contributed by atoms with E-state index >= 15 is 0 Å². The van der Waals surface area contributed by atoms with Crippen molar-refractivity contribution in [1.29, 1.82) is 0 Å². The highest BCUT2D eigenvalue weighted by Crippen LogP contribution is 2.33. The topological polar surface area (TPSA) is 76.1 Å². The summed E-state index contributed by atoms with van der Waals surface area (Å²) in [6, 6.07) is 4.86. The molecule has 0 bridgehead atoms. The van der Waals surface area contributed by atoms with Crippen LogP contribution in [0.3, 0.4) is 0 Å². The number of hydrogen-bond donors (Lipinski definition) is 2. The number of ether oxygens (including phenoxy) is 1. The minimum atomic E-state index is -0.344. The molecule has 0 aliphatic rings. The second-order valence-electron chi connectivity index (χ2n) is 4.87. The summed E-state index contributed by atoms with van der Waals surface area (Å²) in [6.07, 6.45) is -0.0468. The summed E-state index contributed by atoms with van der Waals surface area (Å²) >= 11 is 7.39. The summed E-state index contributed by atoms with van der Waals surface area (Å²) in [5.41, 5.74) is 1.34. The zero-order chi connectivity index (χ0) is 16.1. The van der Waals surface area contributed by atoms with Gasteiger partial charge in [-0.15, -0.1) is 5.10 Å². The van der Waals surface area contributed by atoms with Crippen molar-refractivity contribution in [3.8, 4) is 5.75 Å². The lowest BCUT2D eigenvalue weighted by Gasteiger charge is -2.16. The van der Waals surface area contributed by atoms with E-state index < -0.39 is 0 Å². The number of carbonyl (C=O) groups is 1. The molecule has 0 radical (unpaired) electrons. The molecular weight excluding hydrogens is 324 g/mol. The van der Waals surface area contributed by atoms with Gasteiger partial charge < -0.3 is 15.4 Å². The zero-order valence-corrected chi connectivity index (χ0v) is 14.1. The number of urea groups is 1. The first-order valence-electron chi connectivity index (χ1n) is 6.75. The number of rotatable bonds is 5. The summed E-state index contributed by atoms with van der Waals surface area (Å²) in [4.78, 5) is 12.9. The summed E-state index contributed by atoms with van der Waals surface area (Å²) in [5, 5.41) is 9.85. The molecule has 1 aromatic carbocycles. The van der Waals surface area contributed by atoms with Crippen LogP contribution in [0.1, 0.15) is 24.4 Å². The Kier molecular flexibility index (Phi) is 5.57. The standard InChI is InChI=1S/C14H17ClN4O2S/c1-8(2)21-13-10(15)5-4-6-11(13)17-14(20)16-7-12-9(3)18-19-22-12/h4-6,8H,7H2,1-3H3,(H2,16,17,20). The van der Waals surface area contributed by atoms with Crippen LogP contribution in [0.25, 0.3) is 0 Å². The van der Waals surface area contributed by atoms with Crippen LogP contribution in [0.5, 0.6) is 5.75 Å². The van der Waals surface area contributed by atoms with E-state index in [1.54, 1.807) is 18.2 Å². The van der Waals surface area contributed by atoms with Gasteiger partial charge in [0.15, 0.2) is 5.75 Å². The first-order chi connectivity index (χ1) is 10.5. The van der Waals surface area contributed by atoms with Gasteiger partial charge in [-0.1, -0.05) is 22.2 Å². The monoisotopic (exact) mass is 340 g/mol. The fraction of sp³-hybridized carbons (Fsp3) is 0.357. The first kappa shape index (κ1) is 16.5. The minimum absolute atomic E-state index is 0.0468. The van der Waals surface area contributed by atoms with Crippen LogP contribution in [-0.2, 0) is 6.54 Å². The summed E-state index contributed by atoms with van der Waals surface area (Å²) in [7, 11) is 0. The van der Waals surface area contributed by atoms with Crippen molar-refractivity contribution in [1.82, 2.24) is 14.9 Å².